The quantitative estimate of drug-likeness (QED) is 0.915. The van der Waals surface area contributed by atoms with Crippen molar-refractivity contribution >= 4 is 0 Å². The minimum Gasteiger partial charge on any atom is -0.493 e. The smallest absolute Gasteiger partial charge is 0.122 e. The van der Waals surface area contributed by atoms with Crippen LogP contribution >= 0.6 is 0 Å². The number of hydrogen-bond acceptors (Lipinski definition) is 3. The third kappa shape index (κ3) is 2.24. The summed E-state index contributed by atoms with van der Waals surface area (Å²) in [5.41, 5.74) is 3.51. The van der Waals surface area contributed by atoms with Gasteiger partial charge in [-0.25, -0.2) is 4.98 Å². The van der Waals surface area contributed by atoms with Crippen LogP contribution in [0.25, 0.3) is 11.3 Å². The lowest BCUT2D eigenvalue weighted by Gasteiger charge is -2.18. The molecule has 0 fully saturated rings. The Kier molecular flexibility index (Phi) is 3.25. The molecule has 4 nitrogen and oxygen atoms in total. The fourth-order valence-electron chi connectivity index (χ4n) is 2.57. The standard InChI is InChI=1S/C15H18N2O2/c1-17-13(10-16-15(17)6-7-18)11-4-5-14-12(9-11)3-2-8-19-14/h4-5,9-10,18H,2-3,6-8H2,1H3. The van der Waals surface area contributed by atoms with E-state index in [9.17, 15) is 0 Å². The fraction of sp³-hybridized carbons (Fsp3) is 0.400. The van der Waals surface area contributed by atoms with Crippen LogP contribution in [0.2, 0.25) is 0 Å². The first-order chi connectivity index (χ1) is 9.29. The zero-order valence-electron chi connectivity index (χ0n) is 11.1. The molecule has 100 valence electrons. The lowest BCUT2D eigenvalue weighted by Crippen LogP contribution is -2.08. The van der Waals surface area contributed by atoms with E-state index < -0.39 is 0 Å². The summed E-state index contributed by atoms with van der Waals surface area (Å²) in [6.45, 7) is 0.945. The lowest BCUT2D eigenvalue weighted by atomic mass is 10.0. The van der Waals surface area contributed by atoms with Crippen LogP contribution in [0.5, 0.6) is 5.75 Å². The fourth-order valence-corrected chi connectivity index (χ4v) is 2.57. The van der Waals surface area contributed by atoms with Crippen LogP contribution in [0, 0.1) is 0 Å². The first-order valence-electron chi connectivity index (χ1n) is 6.67. The molecule has 0 spiro atoms. The molecule has 1 aliphatic heterocycles. The Morgan fingerprint density at radius 1 is 1.42 bits per heavy atom. The van der Waals surface area contributed by atoms with Crippen molar-refractivity contribution in [2.45, 2.75) is 19.3 Å². The molecule has 1 aromatic carbocycles. The van der Waals surface area contributed by atoms with E-state index in [2.05, 4.69) is 17.1 Å². The summed E-state index contributed by atoms with van der Waals surface area (Å²) in [5.74, 6) is 1.92. The summed E-state index contributed by atoms with van der Waals surface area (Å²) < 4.78 is 7.68. The Balaban J connectivity index is 1.98. The molecule has 0 bridgehead atoms. The predicted molar refractivity (Wildman–Crippen MR) is 73.2 cm³/mol. The van der Waals surface area contributed by atoms with Crippen LogP contribution in [0.1, 0.15) is 17.8 Å². The third-order valence-electron chi connectivity index (χ3n) is 3.62. The van der Waals surface area contributed by atoms with Crippen LogP contribution in [-0.4, -0.2) is 27.9 Å². The highest BCUT2D eigenvalue weighted by Gasteiger charge is 2.13. The van der Waals surface area contributed by atoms with Crippen molar-refractivity contribution in [2.75, 3.05) is 13.2 Å². The number of fused-ring (bicyclic) bond motifs is 1. The Bertz CT molecular complexity index is 590. The topological polar surface area (TPSA) is 47.3 Å². The van der Waals surface area contributed by atoms with Crippen molar-refractivity contribution in [1.29, 1.82) is 0 Å². The van der Waals surface area contributed by atoms with Crippen molar-refractivity contribution in [2.24, 2.45) is 7.05 Å². The molecule has 1 aromatic heterocycles. The Morgan fingerprint density at radius 3 is 3.16 bits per heavy atom. The molecule has 3 rings (SSSR count). The number of hydrogen-bond donors (Lipinski definition) is 1. The van der Waals surface area contributed by atoms with Crippen molar-refractivity contribution in [3.63, 3.8) is 0 Å². The molecule has 0 aliphatic carbocycles. The summed E-state index contributed by atoms with van der Waals surface area (Å²) in [5, 5.41) is 9.01. The van der Waals surface area contributed by atoms with E-state index in [4.69, 9.17) is 9.84 Å². The molecular weight excluding hydrogens is 240 g/mol. The number of nitrogens with zero attached hydrogens (tertiary/aromatic N) is 2. The number of benzene rings is 1. The van der Waals surface area contributed by atoms with Crippen LogP contribution in [-0.2, 0) is 19.9 Å². The molecule has 0 unspecified atom stereocenters. The van der Waals surface area contributed by atoms with Gasteiger partial charge >= 0.3 is 0 Å². The van der Waals surface area contributed by atoms with Crippen molar-refractivity contribution in [3.8, 4) is 17.0 Å². The van der Waals surface area contributed by atoms with Gasteiger partial charge in [-0.05, 0) is 36.6 Å². The molecule has 0 radical (unpaired) electrons. The van der Waals surface area contributed by atoms with E-state index in [-0.39, 0.29) is 6.61 Å². The predicted octanol–water partition coefficient (Wildman–Crippen LogP) is 1.95. The summed E-state index contributed by atoms with van der Waals surface area (Å²) >= 11 is 0. The molecule has 0 saturated heterocycles. The number of imidazole rings is 1. The zero-order valence-corrected chi connectivity index (χ0v) is 11.1. The zero-order chi connectivity index (χ0) is 13.2. The third-order valence-corrected chi connectivity index (χ3v) is 3.62. The second kappa shape index (κ2) is 5.05. The Hall–Kier alpha value is -1.81. The van der Waals surface area contributed by atoms with Gasteiger partial charge < -0.3 is 14.4 Å². The first-order valence-corrected chi connectivity index (χ1v) is 6.67. The van der Waals surface area contributed by atoms with Crippen molar-refractivity contribution in [1.82, 2.24) is 9.55 Å². The normalized spacial score (nSPS) is 14.0. The maximum Gasteiger partial charge on any atom is 0.122 e. The monoisotopic (exact) mass is 258 g/mol. The van der Waals surface area contributed by atoms with Gasteiger partial charge in [0.15, 0.2) is 0 Å². The summed E-state index contributed by atoms with van der Waals surface area (Å²) in [6.07, 6.45) is 4.61. The minimum atomic E-state index is 0.127. The van der Waals surface area contributed by atoms with E-state index in [0.29, 0.717) is 6.42 Å². The van der Waals surface area contributed by atoms with Crippen molar-refractivity contribution in [3.05, 3.63) is 35.8 Å². The van der Waals surface area contributed by atoms with E-state index in [0.717, 1.165) is 42.3 Å². The maximum absolute atomic E-state index is 9.01. The first kappa shape index (κ1) is 12.2. The average molecular weight is 258 g/mol. The number of aliphatic hydroxyl groups excluding tert-OH is 1. The number of aryl methyl sites for hydroxylation is 1. The molecule has 0 atom stereocenters. The van der Waals surface area contributed by atoms with Gasteiger partial charge in [-0.2, -0.15) is 0 Å². The van der Waals surface area contributed by atoms with Gasteiger partial charge in [-0.15, -0.1) is 0 Å². The number of aromatic nitrogens is 2. The molecule has 1 aliphatic rings. The number of aliphatic hydroxyl groups is 1. The second-order valence-corrected chi connectivity index (χ2v) is 4.87. The maximum atomic E-state index is 9.01. The summed E-state index contributed by atoms with van der Waals surface area (Å²) in [7, 11) is 1.99. The highest BCUT2D eigenvalue weighted by Crippen LogP contribution is 2.30. The van der Waals surface area contributed by atoms with Gasteiger partial charge in [0.1, 0.15) is 11.6 Å². The van der Waals surface area contributed by atoms with Gasteiger partial charge in [0.05, 0.1) is 25.1 Å². The Labute approximate surface area is 112 Å². The highest BCUT2D eigenvalue weighted by molar-refractivity contribution is 5.62. The highest BCUT2D eigenvalue weighted by atomic mass is 16.5. The van der Waals surface area contributed by atoms with E-state index in [1.165, 1.54) is 5.56 Å². The van der Waals surface area contributed by atoms with Crippen LogP contribution < -0.4 is 4.74 Å². The SMILES string of the molecule is Cn1c(-c2ccc3c(c2)CCCO3)cnc1CCO. The minimum absolute atomic E-state index is 0.127. The van der Waals surface area contributed by atoms with Crippen LogP contribution in [0.4, 0.5) is 0 Å². The number of rotatable bonds is 3. The molecule has 0 saturated carbocycles. The van der Waals surface area contributed by atoms with Crippen LogP contribution in [0.15, 0.2) is 24.4 Å². The van der Waals surface area contributed by atoms with Gasteiger partial charge in [-0.1, -0.05) is 0 Å². The molecule has 0 amide bonds. The number of ether oxygens (including phenoxy) is 1. The lowest BCUT2D eigenvalue weighted by molar-refractivity contribution is 0.288. The molecule has 19 heavy (non-hydrogen) atoms. The van der Waals surface area contributed by atoms with Gasteiger partial charge in [0.2, 0.25) is 0 Å². The molecule has 4 heteroatoms. The Morgan fingerprint density at radius 2 is 2.32 bits per heavy atom. The van der Waals surface area contributed by atoms with Gasteiger partial charge in [-0.3, -0.25) is 0 Å². The summed E-state index contributed by atoms with van der Waals surface area (Å²) in [4.78, 5) is 4.37. The second-order valence-electron chi connectivity index (χ2n) is 4.87. The van der Waals surface area contributed by atoms with E-state index in [1.54, 1.807) is 0 Å². The van der Waals surface area contributed by atoms with Crippen LogP contribution in [0.3, 0.4) is 0 Å². The van der Waals surface area contributed by atoms with E-state index in [1.807, 2.05) is 23.9 Å². The largest absolute Gasteiger partial charge is 0.493 e. The van der Waals surface area contributed by atoms with E-state index >= 15 is 0 Å². The molecule has 2 aromatic rings. The van der Waals surface area contributed by atoms with Crippen molar-refractivity contribution < 1.29 is 9.84 Å². The molecular formula is C15H18N2O2. The average Bonchev–Trinajstić information content (AvgIpc) is 2.80. The van der Waals surface area contributed by atoms with Gasteiger partial charge in [0, 0.05) is 19.0 Å². The van der Waals surface area contributed by atoms with Gasteiger partial charge in [0.25, 0.3) is 0 Å². The molecule has 1 N–H and O–H groups in total. The summed E-state index contributed by atoms with van der Waals surface area (Å²) in [6, 6.07) is 6.31. The molecule has 2 heterocycles.